The van der Waals surface area contributed by atoms with Gasteiger partial charge in [-0.3, -0.25) is 9.69 Å². The maximum Gasteiger partial charge on any atom is 0.343 e. The van der Waals surface area contributed by atoms with Gasteiger partial charge in [-0.05, 0) is 74.4 Å². The molecular weight excluding hydrogens is 598 g/mol. The zero-order valence-corrected chi connectivity index (χ0v) is 26.8. The van der Waals surface area contributed by atoms with Crippen molar-refractivity contribution in [2.24, 2.45) is 0 Å². The van der Waals surface area contributed by atoms with Crippen molar-refractivity contribution in [3.05, 3.63) is 166 Å². The minimum Gasteiger partial charge on any atom is -0.419 e. The second-order valence-corrected chi connectivity index (χ2v) is 11.1. The smallest absolute Gasteiger partial charge is 0.343 e. The molecule has 0 saturated heterocycles. The van der Waals surface area contributed by atoms with Crippen LogP contribution in [0.1, 0.15) is 60.3 Å². The largest absolute Gasteiger partial charge is 0.419 e. The lowest BCUT2D eigenvalue weighted by Gasteiger charge is -2.28. The van der Waals surface area contributed by atoms with E-state index in [4.69, 9.17) is 9.47 Å². The maximum absolute atomic E-state index is 14.0. The van der Waals surface area contributed by atoms with Crippen LogP contribution < -0.4 is 9.47 Å². The van der Waals surface area contributed by atoms with Gasteiger partial charge in [-0.15, -0.1) is 12.4 Å². The van der Waals surface area contributed by atoms with Gasteiger partial charge in [-0.25, -0.2) is 9.59 Å². The Balaban J connectivity index is 0.00000480. The Kier molecular flexibility index (Phi) is 11.6. The molecule has 234 valence electrons. The van der Waals surface area contributed by atoms with Gasteiger partial charge < -0.3 is 9.47 Å². The van der Waals surface area contributed by atoms with Crippen molar-refractivity contribution in [2.75, 3.05) is 0 Å². The summed E-state index contributed by atoms with van der Waals surface area (Å²) < 4.78 is 11.5. The molecule has 0 aromatic heterocycles. The molecule has 0 radical (unpaired) electrons. The van der Waals surface area contributed by atoms with E-state index in [0.29, 0.717) is 29.8 Å². The van der Waals surface area contributed by atoms with E-state index in [1.165, 1.54) is 12.1 Å². The molecule has 0 heterocycles. The number of carbonyl (C=O) groups is 3. The molecule has 1 atom stereocenters. The highest BCUT2D eigenvalue weighted by Gasteiger charge is 2.25. The Bertz CT molecular complexity index is 1730. The van der Waals surface area contributed by atoms with Gasteiger partial charge >= 0.3 is 11.9 Å². The van der Waals surface area contributed by atoms with Crippen LogP contribution in [0.4, 0.5) is 0 Å². The van der Waals surface area contributed by atoms with Crippen LogP contribution in [0.2, 0.25) is 0 Å². The highest BCUT2D eigenvalue weighted by molar-refractivity contribution is 6.01. The Morgan fingerprint density at radius 3 is 1.43 bits per heavy atom. The quantitative estimate of drug-likeness (QED) is 0.0826. The molecule has 0 N–H and O–H groups in total. The average molecular weight is 634 g/mol. The molecule has 1 unspecified atom stereocenters. The number of nitrogens with zero attached hydrogens (tertiary/aromatic N) is 1. The van der Waals surface area contributed by atoms with Crippen molar-refractivity contribution in [1.82, 2.24) is 4.90 Å². The zero-order valence-electron chi connectivity index (χ0n) is 26.0. The predicted molar refractivity (Wildman–Crippen MR) is 182 cm³/mol. The molecule has 5 rings (SSSR count). The highest BCUT2D eigenvalue weighted by atomic mass is 35.5. The standard InChI is InChI=1S/C39H35NO5.ClH/c1-27-14-18-32(19-15-27)38(42)44-35-23-22-34(24-36(35)45-39(43)33-20-16-28(2)17-21-33)37(41)29(3)40(25-30-10-6-4-7-11-30)26-31-12-8-5-9-13-31;/h4-24,29H,25-26H2,1-3H3;1H. The molecular formula is C39H36ClNO5. The van der Waals surface area contributed by atoms with Crippen molar-refractivity contribution in [1.29, 1.82) is 0 Å². The number of hydrogen-bond donors (Lipinski definition) is 0. The summed E-state index contributed by atoms with van der Waals surface area (Å²) in [5.74, 6) is -1.37. The molecule has 0 aliphatic carbocycles. The SMILES string of the molecule is Cc1ccc(C(=O)Oc2ccc(C(=O)C(C)N(Cc3ccccc3)Cc3ccccc3)cc2OC(=O)c2ccc(C)cc2)cc1.Cl. The highest BCUT2D eigenvalue weighted by Crippen LogP contribution is 2.31. The van der Waals surface area contributed by atoms with Crippen LogP contribution in [0.15, 0.2) is 127 Å². The lowest BCUT2D eigenvalue weighted by molar-refractivity contribution is 0.0681. The lowest BCUT2D eigenvalue weighted by atomic mass is 10.0. The first-order valence-corrected chi connectivity index (χ1v) is 14.8. The average Bonchev–Trinajstić information content (AvgIpc) is 3.06. The third kappa shape index (κ3) is 8.78. The fraction of sp³-hybridized carbons (Fsp3) is 0.154. The molecule has 0 saturated carbocycles. The molecule has 0 aliphatic rings. The van der Waals surface area contributed by atoms with Gasteiger partial charge in [0, 0.05) is 18.7 Å². The van der Waals surface area contributed by atoms with Crippen LogP contribution in [-0.2, 0) is 13.1 Å². The van der Waals surface area contributed by atoms with Crippen molar-refractivity contribution in [3.63, 3.8) is 0 Å². The number of hydrogen-bond acceptors (Lipinski definition) is 6. The summed E-state index contributed by atoms with van der Waals surface area (Å²) in [6.45, 7) is 6.84. The summed E-state index contributed by atoms with van der Waals surface area (Å²) in [7, 11) is 0. The molecule has 0 aliphatic heterocycles. The fourth-order valence-electron chi connectivity index (χ4n) is 4.89. The number of Topliss-reactive ketones (excluding diaryl/α,β-unsaturated/α-hetero) is 1. The van der Waals surface area contributed by atoms with Crippen molar-refractivity contribution in [3.8, 4) is 11.5 Å². The second-order valence-electron chi connectivity index (χ2n) is 11.1. The summed E-state index contributed by atoms with van der Waals surface area (Å²) in [6.07, 6.45) is 0. The number of halogens is 1. The van der Waals surface area contributed by atoms with Crippen LogP contribution in [0.3, 0.4) is 0 Å². The van der Waals surface area contributed by atoms with Gasteiger partial charge in [0.2, 0.25) is 0 Å². The summed E-state index contributed by atoms with van der Waals surface area (Å²) in [4.78, 5) is 42.3. The molecule has 0 fully saturated rings. The van der Waals surface area contributed by atoms with Crippen LogP contribution in [-0.4, -0.2) is 28.7 Å². The minimum absolute atomic E-state index is 0. The molecule has 0 amide bonds. The van der Waals surface area contributed by atoms with Gasteiger partial charge in [-0.1, -0.05) is 96.1 Å². The van der Waals surface area contributed by atoms with Crippen LogP contribution in [0.25, 0.3) is 0 Å². The van der Waals surface area contributed by atoms with Gasteiger partial charge in [0.1, 0.15) is 0 Å². The second kappa shape index (κ2) is 15.8. The topological polar surface area (TPSA) is 72.9 Å². The third-order valence-electron chi connectivity index (χ3n) is 7.59. The van der Waals surface area contributed by atoms with E-state index < -0.39 is 18.0 Å². The number of rotatable bonds is 11. The molecule has 5 aromatic rings. The van der Waals surface area contributed by atoms with Gasteiger partial charge in [0.25, 0.3) is 0 Å². The first-order valence-electron chi connectivity index (χ1n) is 14.8. The van der Waals surface area contributed by atoms with Gasteiger partial charge in [-0.2, -0.15) is 0 Å². The molecule has 7 heteroatoms. The molecule has 6 nitrogen and oxygen atoms in total. The Morgan fingerprint density at radius 2 is 0.978 bits per heavy atom. The summed E-state index contributed by atoms with van der Waals surface area (Å²) in [6, 6.07) is 38.0. The number of aryl methyl sites for hydroxylation is 2. The number of benzene rings is 5. The van der Waals surface area contributed by atoms with E-state index in [1.54, 1.807) is 30.3 Å². The van der Waals surface area contributed by atoms with Gasteiger partial charge in [0.05, 0.1) is 17.2 Å². The normalized spacial score (nSPS) is 11.3. The Hall–Kier alpha value is -5.04. The third-order valence-corrected chi connectivity index (χ3v) is 7.59. The number of carbonyl (C=O) groups excluding carboxylic acids is 3. The van der Waals surface area contributed by atoms with Crippen LogP contribution in [0, 0.1) is 13.8 Å². The van der Waals surface area contributed by atoms with E-state index in [1.807, 2.05) is 106 Å². The molecule has 5 aromatic carbocycles. The van der Waals surface area contributed by atoms with Gasteiger partial charge in [0.15, 0.2) is 17.3 Å². The summed E-state index contributed by atoms with van der Waals surface area (Å²) >= 11 is 0. The predicted octanol–water partition coefficient (Wildman–Crippen LogP) is 8.44. The van der Waals surface area contributed by atoms with E-state index in [-0.39, 0.29) is 29.7 Å². The maximum atomic E-state index is 14.0. The summed E-state index contributed by atoms with van der Waals surface area (Å²) in [5, 5.41) is 0. The van der Waals surface area contributed by atoms with Crippen molar-refractivity contribution in [2.45, 2.75) is 39.9 Å². The van der Waals surface area contributed by atoms with Crippen molar-refractivity contribution >= 4 is 30.1 Å². The van der Waals surface area contributed by atoms with E-state index in [0.717, 1.165) is 22.3 Å². The molecule has 0 bridgehead atoms. The molecule has 0 spiro atoms. The molecule has 46 heavy (non-hydrogen) atoms. The monoisotopic (exact) mass is 633 g/mol. The van der Waals surface area contributed by atoms with E-state index in [2.05, 4.69) is 4.90 Å². The van der Waals surface area contributed by atoms with Crippen molar-refractivity contribution < 1.29 is 23.9 Å². The Morgan fingerprint density at radius 1 is 0.565 bits per heavy atom. The van der Waals surface area contributed by atoms with Crippen LogP contribution in [0.5, 0.6) is 11.5 Å². The fourth-order valence-corrected chi connectivity index (χ4v) is 4.89. The number of esters is 2. The lowest BCUT2D eigenvalue weighted by Crippen LogP contribution is -2.38. The van der Waals surface area contributed by atoms with E-state index in [9.17, 15) is 14.4 Å². The van der Waals surface area contributed by atoms with E-state index >= 15 is 0 Å². The van der Waals surface area contributed by atoms with Crippen LogP contribution >= 0.6 is 12.4 Å². The first-order chi connectivity index (χ1) is 21.8. The first kappa shape index (κ1) is 33.8. The minimum atomic E-state index is -0.630. The Labute approximate surface area is 276 Å². The number of ketones is 1. The number of ether oxygens (including phenoxy) is 2. The summed E-state index contributed by atoms with van der Waals surface area (Å²) in [5.41, 5.74) is 5.18. The zero-order chi connectivity index (χ0) is 31.8.